The Hall–Kier alpha value is -1.84. The van der Waals surface area contributed by atoms with Crippen LogP contribution < -0.4 is 21.7 Å². The second-order valence-corrected chi connectivity index (χ2v) is 4.16. The van der Waals surface area contributed by atoms with Crippen LogP contribution in [0.5, 0.6) is 5.75 Å². The summed E-state index contributed by atoms with van der Waals surface area (Å²) < 4.78 is 11.1. The van der Waals surface area contributed by atoms with E-state index in [1.807, 2.05) is 4.98 Å². The summed E-state index contributed by atoms with van der Waals surface area (Å²) in [6.07, 6.45) is -2.51. The number of aromatic nitrogens is 2. The Kier molecular flexibility index (Phi) is 3.60. The number of nitrogens with two attached hydrogens (primary N) is 1. The maximum atomic E-state index is 11.8. The average molecular weight is 273 g/mol. The van der Waals surface area contributed by atoms with Crippen LogP contribution in [0.15, 0.2) is 9.59 Å². The van der Waals surface area contributed by atoms with Crippen molar-refractivity contribution in [3.63, 3.8) is 0 Å². The molecule has 3 atom stereocenters. The van der Waals surface area contributed by atoms with Gasteiger partial charge in [0.25, 0.3) is 5.56 Å². The molecule has 2 rings (SSSR count). The Labute approximate surface area is 107 Å². The van der Waals surface area contributed by atoms with E-state index in [2.05, 4.69) is 0 Å². The Morgan fingerprint density at radius 1 is 1.58 bits per heavy atom. The molecule has 0 bridgehead atoms. The van der Waals surface area contributed by atoms with Crippen LogP contribution in [0.1, 0.15) is 12.6 Å². The summed E-state index contributed by atoms with van der Waals surface area (Å²) in [5, 5.41) is 18.6. The lowest BCUT2D eigenvalue weighted by atomic mass is 10.2. The molecular formula is C10H15N3O6. The molecule has 1 aromatic heterocycles. The summed E-state index contributed by atoms with van der Waals surface area (Å²) in [7, 11) is 1.25. The molecule has 1 aliphatic rings. The van der Waals surface area contributed by atoms with Crippen LogP contribution in [0.2, 0.25) is 0 Å². The van der Waals surface area contributed by atoms with Crippen molar-refractivity contribution in [2.24, 2.45) is 0 Å². The van der Waals surface area contributed by atoms with Crippen molar-refractivity contribution in [1.82, 2.24) is 9.55 Å². The number of aliphatic hydroxyl groups excluding tert-OH is 2. The molecule has 1 aliphatic heterocycles. The van der Waals surface area contributed by atoms with E-state index in [1.54, 1.807) is 0 Å². The number of H-pyrrole nitrogens is 1. The standard InChI is InChI=1S/C10H15N3O6/c1-18-7-8(11)13(10(17)12-9(7)16)6-2-4(15)5(3-14)19-6/h4-6,14-15H,2-3,11H2,1H3,(H,12,16,17)/t4-,5+,6+/m0/s1. The number of rotatable bonds is 3. The highest BCUT2D eigenvalue weighted by Gasteiger charge is 2.36. The fraction of sp³-hybridized carbons (Fsp3) is 0.600. The van der Waals surface area contributed by atoms with Gasteiger partial charge in [0.15, 0.2) is 5.82 Å². The van der Waals surface area contributed by atoms with Gasteiger partial charge in [-0.15, -0.1) is 0 Å². The van der Waals surface area contributed by atoms with Gasteiger partial charge in [0.1, 0.15) is 12.3 Å². The molecule has 1 saturated heterocycles. The fourth-order valence-electron chi connectivity index (χ4n) is 2.07. The van der Waals surface area contributed by atoms with Crippen LogP contribution in [0.25, 0.3) is 0 Å². The molecule has 0 unspecified atom stereocenters. The number of aromatic amines is 1. The summed E-state index contributed by atoms with van der Waals surface area (Å²) in [4.78, 5) is 25.3. The Morgan fingerprint density at radius 2 is 2.26 bits per heavy atom. The van der Waals surface area contributed by atoms with Gasteiger partial charge in [-0.25, -0.2) is 9.36 Å². The molecule has 106 valence electrons. The summed E-state index contributed by atoms with van der Waals surface area (Å²) in [6.45, 7) is -0.382. The number of hydrogen-bond donors (Lipinski definition) is 4. The number of hydrogen-bond acceptors (Lipinski definition) is 7. The van der Waals surface area contributed by atoms with Crippen molar-refractivity contribution >= 4 is 5.82 Å². The van der Waals surface area contributed by atoms with Gasteiger partial charge in [0, 0.05) is 6.42 Å². The van der Waals surface area contributed by atoms with E-state index in [9.17, 15) is 14.7 Å². The first-order valence-corrected chi connectivity index (χ1v) is 5.62. The first-order chi connectivity index (χ1) is 8.99. The molecule has 1 aromatic rings. The largest absolute Gasteiger partial charge is 0.489 e. The molecule has 0 spiro atoms. The molecule has 9 heteroatoms. The Morgan fingerprint density at radius 3 is 2.79 bits per heavy atom. The second-order valence-electron chi connectivity index (χ2n) is 4.16. The van der Waals surface area contributed by atoms with Gasteiger partial charge in [-0.1, -0.05) is 0 Å². The Bertz CT molecular complexity index is 580. The number of aliphatic hydroxyl groups is 2. The zero-order valence-corrected chi connectivity index (χ0v) is 10.2. The van der Waals surface area contributed by atoms with E-state index in [0.717, 1.165) is 4.57 Å². The molecule has 0 amide bonds. The van der Waals surface area contributed by atoms with E-state index in [-0.39, 0.29) is 24.6 Å². The van der Waals surface area contributed by atoms with Crippen molar-refractivity contribution in [2.75, 3.05) is 19.5 Å². The highest BCUT2D eigenvalue weighted by atomic mass is 16.5. The fourth-order valence-corrected chi connectivity index (χ4v) is 2.07. The van der Waals surface area contributed by atoms with Crippen LogP contribution in [-0.4, -0.2) is 45.7 Å². The predicted octanol–water partition coefficient (Wildman–Crippen LogP) is -2.23. The normalized spacial score (nSPS) is 26.6. The molecule has 19 heavy (non-hydrogen) atoms. The smallest absolute Gasteiger partial charge is 0.332 e. The van der Waals surface area contributed by atoms with Crippen molar-refractivity contribution < 1.29 is 19.7 Å². The van der Waals surface area contributed by atoms with E-state index >= 15 is 0 Å². The molecule has 0 aromatic carbocycles. The zero-order valence-electron chi connectivity index (χ0n) is 10.2. The first-order valence-electron chi connectivity index (χ1n) is 5.62. The van der Waals surface area contributed by atoms with Gasteiger partial charge < -0.3 is 25.4 Å². The molecule has 1 fully saturated rings. The number of anilines is 1. The number of nitrogens with zero attached hydrogens (tertiary/aromatic N) is 1. The van der Waals surface area contributed by atoms with Crippen LogP contribution in [0, 0.1) is 0 Å². The molecule has 2 heterocycles. The highest BCUT2D eigenvalue weighted by Crippen LogP contribution is 2.30. The third-order valence-electron chi connectivity index (χ3n) is 3.01. The highest BCUT2D eigenvalue weighted by molar-refractivity contribution is 5.44. The van der Waals surface area contributed by atoms with Gasteiger partial charge in [0.05, 0.1) is 19.8 Å². The van der Waals surface area contributed by atoms with Gasteiger partial charge >= 0.3 is 5.69 Å². The summed E-state index contributed by atoms with van der Waals surface area (Å²) in [6, 6.07) is 0. The van der Waals surface area contributed by atoms with Gasteiger partial charge in [0.2, 0.25) is 5.75 Å². The molecule has 0 aliphatic carbocycles. The monoisotopic (exact) mass is 273 g/mol. The lowest BCUT2D eigenvalue weighted by Crippen LogP contribution is -2.35. The van der Waals surface area contributed by atoms with E-state index in [4.69, 9.17) is 20.3 Å². The van der Waals surface area contributed by atoms with Crippen LogP contribution in [0.3, 0.4) is 0 Å². The number of nitrogens with one attached hydrogen (secondary N) is 1. The second kappa shape index (κ2) is 5.03. The Balaban J connectivity index is 2.47. The zero-order chi connectivity index (χ0) is 14.2. The van der Waals surface area contributed by atoms with Crippen molar-refractivity contribution in [3.8, 4) is 5.75 Å². The predicted molar refractivity (Wildman–Crippen MR) is 63.9 cm³/mol. The third kappa shape index (κ3) is 2.23. The molecule has 9 nitrogen and oxygen atoms in total. The van der Waals surface area contributed by atoms with Crippen LogP contribution in [-0.2, 0) is 4.74 Å². The first kappa shape index (κ1) is 13.6. The van der Waals surface area contributed by atoms with E-state index < -0.39 is 29.7 Å². The van der Waals surface area contributed by atoms with Crippen LogP contribution in [0.4, 0.5) is 5.82 Å². The molecule has 0 saturated carbocycles. The average Bonchev–Trinajstić information content (AvgIpc) is 2.70. The quantitative estimate of drug-likeness (QED) is 0.488. The minimum atomic E-state index is -0.917. The number of ether oxygens (including phenoxy) is 2. The van der Waals surface area contributed by atoms with Gasteiger partial charge in [-0.2, -0.15) is 0 Å². The number of methoxy groups -OCH3 is 1. The summed E-state index contributed by atoms with van der Waals surface area (Å²) in [5.74, 6) is -0.392. The van der Waals surface area contributed by atoms with Gasteiger partial charge in [-0.3, -0.25) is 9.78 Å². The number of nitrogen functional groups attached to an aromatic ring is 1. The molecule has 0 radical (unpaired) electrons. The van der Waals surface area contributed by atoms with Crippen LogP contribution >= 0.6 is 0 Å². The topological polar surface area (TPSA) is 140 Å². The maximum absolute atomic E-state index is 11.8. The van der Waals surface area contributed by atoms with E-state index in [0.29, 0.717) is 0 Å². The molecular weight excluding hydrogens is 258 g/mol. The minimum Gasteiger partial charge on any atom is -0.489 e. The lowest BCUT2D eigenvalue weighted by molar-refractivity contribution is -0.0452. The summed E-state index contributed by atoms with van der Waals surface area (Å²) >= 11 is 0. The lowest BCUT2D eigenvalue weighted by Gasteiger charge is -2.17. The van der Waals surface area contributed by atoms with Crippen molar-refractivity contribution in [3.05, 3.63) is 20.8 Å². The van der Waals surface area contributed by atoms with Crippen molar-refractivity contribution in [1.29, 1.82) is 0 Å². The van der Waals surface area contributed by atoms with E-state index in [1.165, 1.54) is 7.11 Å². The SMILES string of the molecule is COc1c(N)n([C@H]2C[C@H](O)[C@@H](CO)O2)c(=O)[nH]c1=O. The van der Waals surface area contributed by atoms with Gasteiger partial charge in [-0.05, 0) is 0 Å². The minimum absolute atomic E-state index is 0.0739. The molecule has 5 N–H and O–H groups in total. The van der Waals surface area contributed by atoms with Crippen molar-refractivity contribution in [2.45, 2.75) is 24.9 Å². The summed E-state index contributed by atoms with van der Waals surface area (Å²) in [5.41, 5.74) is 4.20. The third-order valence-corrected chi connectivity index (χ3v) is 3.01. The maximum Gasteiger partial charge on any atom is 0.332 e.